The van der Waals surface area contributed by atoms with Gasteiger partial charge >= 0.3 is 5.97 Å². The molecule has 0 radical (unpaired) electrons. The van der Waals surface area contributed by atoms with E-state index < -0.39 is 17.9 Å². The first-order valence-corrected chi connectivity index (χ1v) is 7.22. The van der Waals surface area contributed by atoms with Crippen molar-refractivity contribution in [2.24, 2.45) is 0 Å². The number of hydrogen-bond donors (Lipinski definition) is 2. The maximum Gasteiger partial charge on any atom is 0.330 e. The molecule has 1 amide bonds. The van der Waals surface area contributed by atoms with Gasteiger partial charge in [0.25, 0.3) is 5.91 Å². The summed E-state index contributed by atoms with van der Waals surface area (Å²) in [6, 6.07) is 6.85. The number of rotatable bonds is 6. The Kier molecular flexibility index (Phi) is 4.01. The predicted octanol–water partition coefficient (Wildman–Crippen LogP) is 2.12. The van der Waals surface area contributed by atoms with E-state index >= 15 is 0 Å². The van der Waals surface area contributed by atoms with Crippen molar-refractivity contribution in [1.82, 2.24) is 10.5 Å². The summed E-state index contributed by atoms with van der Waals surface area (Å²) in [5.74, 6) is -0.782. The van der Waals surface area contributed by atoms with Gasteiger partial charge in [-0.15, -0.1) is 0 Å². The van der Waals surface area contributed by atoms with E-state index in [4.69, 9.17) is 9.26 Å². The SMILES string of the molecule is COc1ccc(C(NC(=O)c2cc(C3CC3)no2)C(=O)O)cc1. The monoisotopic (exact) mass is 316 g/mol. The van der Waals surface area contributed by atoms with E-state index in [1.165, 1.54) is 7.11 Å². The van der Waals surface area contributed by atoms with Crippen LogP contribution in [0.3, 0.4) is 0 Å². The van der Waals surface area contributed by atoms with Crippen LogP contribution in [0.25, 0.3) is 0 Å². The summed E-state index contributed by atoms with van der Waals surface area (Å²) >= 11 is 0. The van der Waals surface area contributed by atoms with E-state index in [-0.39, 0.29) is 5.76 Å². The second kappa shape index (κ2) is 6.12. The molecule has 0 saturated heterocycles. The number of ether oxygens (including phenoxy) is 1. The number of nitrogens with one attached hydrogen (secondary N) is 1. The molecule has 0 aliphatic heterocycles. The fraction of sp³-hybridized carbons (Fsp3) is 0.312. The number of amides is 1. The Labute approximate surface area is 132 Å². The Morgan fingerprint density at radius 3 is 2.61 bits per heavy atom. The molecule has 1 aromatic heterocycles. The quantitative estimate of drug-likeness (QED) is 0.846. The Balaban J connectivity index is 1.74. The molecule has 23 heavy (non-hydrogen) atoms. The lowest BCUT2D eigenvalue weighted by Crippen LogP contribution is -2.33. The smallest absolute Gasteiger partial charge is 0.330 e. The number of methoxy groups -OCH3 is 1. The number of carboxylic acid groups (broad SMARTS) is 1. The minimum Gasteiger partial charge on any atom is -0.497 e. The molecule has 2 N–H and O–H groups in total. The van der Waals surface area contributed by atoms with Crippen LogP contribution >= 0.6 is 0 Å². The predicted molar refractivity (Wildman–Crippen MR) is 79.3 cm³/mol. The van der Waals surface area contributed by atoms with Gasteiger partial charge in [-0.05, 0) is 30.5 Å². The molecule has 1 aliphatic carbocycles. The van der Waals surface area contributed by atoms with Gasteiger partial charge in [-0.3, -0.25) is 4.79 Å². The lowest BCUT2D eigenvalue weighted by molar-refractivity contribution is -0.139. The number of hydrogen-bond acceptors (Lipinski definition) is 5. The first kappa shape index (κ1) is 15.1. The van der Waals surface area contributed by atoms with Gasteiger partial charge in [0, 0.05) is 12.0 Å². The highest BCUT2D eigenvalue weighted by atomic mass is 16.5. The number of aromatic nitrogens is 1. The number of aliphatic carboxylic acids is 1. The van der Waals surface area contributed by atoms with Gasteiger partial charge in [0.05, 0.1) is 12.8 Å². The zero-order valence-electron chi connectivity index (χ0n) is 12.5. The van der Waals surface area contributed by atoms with Crippen LogP contribution in [0.4, 0.5) is 0 Å². The van der Waals surface area contributed by atoms with Crippen LogP contribution in [0.5, 0.6) is 5.75 Å². The topological polar surface area (TPSA) is 102 Å². The van der Waals surface area contributed by atoms with Gasteiger partial charge in [0.15, 0.2) is 6.04 Å². The molecule has 1 fully saturated rings. The third kappa shape index (κ3) is 3.33. The lowest BCUT2D eigenvalue weighted by Gasteiger charge is -2.14. The summed E-state index contributed by atoms with van der Waals surface area (Å²) in [6.45, 7) is 0. The minimum atomic E-state index is -1.18. The van der Waals surface area contributed by atoms with Crippen LogP contribution < -0.4 is 10.1 Å². The summed E-state index contributed by atoms with van der Waals surface area (Å²) in [4.78, 5) is 23.6. The normalized spacial score (nSPS) is 15.0. The van der Waals surface area contributed by atoms with Gasteiger partial charge in [0.1, 0.15) is 5.75 Å². The van der Waals surface area contributed by atoms with E-state index in [0.29, 0.717) is 17.2 Å². The number of carboxylic acids is 1. The van der Waals surface area contributed by atoms with Crippen LogP contribution in [-0.2, 0) is 4.79 Å². The van der Waals surface area contributed by atoms with Crippen LogP contribution in [0, 0.1) is 0 Å². The average Bonchev–Trinajstić information content (AvgIpc) is 3.29. The van der Waals surface area contributed by atoms with Crippen molar-refractivity contribution >= 4 is 11.9 Å². The molecule has 1 heterocycles. The highest BCUT2D eigenvalue weighted by Gasteiger charge is 2.29. The van der Waals surface area contributed by atoms with Gasteiger partial charge in [0.2, 0.25) is 5.76 Å². The van der Waals surface area contributed by atoms with Crippen molar-refractivity contribution in [2.75, 3.05) is 7.11 Å². The Hall–Kier alpha value is -2.83. The molecule has 2 aromatic rings. The largest absolute Gasteiger partial charge is 0.497 e. The molecule has 1 aromatic carbocycles. The highest BCUT2D eigenvalue weighted by Crippen LogP contribution is 2.39. The third-order valence-electron chi connectivity index (χ3n) is 3.72. The molecule has 1 saturated carbocycles. The van der Waals surface area contributed by atoms with Crippen LogP contribution in [0.2, 0.25) is 0 Å². The van der Waals surface area contributed by atoms with E-state index in [1.54, 1.807) is 30.3 Å². The molecule has 0 spiro atoms. The van der Waals surface area contributed by atoms with Gasteiger partial charge in [-0.25, -0.2) is 4.79 Å². The fourth-order valence-corrected chi connectivity index (χ4v) is 2.25. The fourth-order valence-electron chi connectivity index (χ4n) is 2.25. The summed E-state index contributed by atoms with van der Waals surface area (Å²) in [5.41, 5.74) is 1.18. The molecule has 0 bridgehead atoms. The van der Waals surface area contributed by atoms with Crippen LogP contribution in [-0.4, -0.2) is 29.2 Å². The summed E-state index contributed by atoms with van der Waals surface area (Å²) in [6.07, 6.45) is 2.08. The van der Waals surface area contributed by atoms with Crippen molar-refractivity contribution in [2.45, 2.75) is 24.8 Å². The van der Waals surface area contributed by atoms with Crippen molar-refractivity contribution in [3.8, 4) is 5.75 Å². The molecule has 3 rings (SSSR count). The molecule has 1 atom stereocenters. The maximum absolute atomic E-state index is 12.2. The lowest BCUT2D eigenvalue weighted by atomic mass is 10.1. The van der Waals surface area contributed by atoms with Gasteiger partial charge < -0.3 is 19.7 Å². The number of benzene rings is 1. The number of carbonyl (C=O) groups is 2. The molecule has 120 valence electrons. The van der Waals surface area contributed by atoms with E-state index in [1.807, 2.05) is 0 Å². The maximum atomic E-state index is 12.2. The minimum absolute atomic E-state index is 0.0201. The summed E-state index contributed by atoms with van der Waals surface area (Å²) in [5, 5.41) is 15.7. The molecular formula is C16H16N2O5. The number of carbonyl (C=O) groups excluding carboxylic acids is 1. The molecule has 7 heteroatoms. The van der Waals surface area contributed by atoms with E-state index in [2.05, 4.69) is 10.5 Å². The van der Waals surface area contributed by atoms with Gasteiger partial charge in [-0.2, -0.15) is 0 Å². The summed E-state index contributed by atoms with van der Waals surface area (Å²) in [7, 11) is 1.52. The zero-order chi connectivity index (χ0) is 16.4. The Morgan fingerprint density at radius 1 is 1.35 bits per heavy atom. The molecule has 7 nitrogen and oxygen atoms in total. The van der Waals surface area contributed by atoms with Crippen molar-refractivity contribution in [3.63, 3.8) is 0 Å². The first-order valence-electron chi connectivity index (χ1n) is 7.22. The van der Waals surface area contributed by atoms with Crippen molar-refractivity contribution in [3.05, 3.63) is 47.3 Å². The zero-order valence-corrected chi connectivity index (χ0v) is 12.5. The van der Waals surface area contributed by atoms with E-state index in [9.17, 15) is 14.7 Å². The molecular weight excluding hydrogens is 300 g/mol. The van der Waals surface area contributed by atoms with Crippen LogP contribution in [0.1, 0.15) is 46.6 Å². The van der Waals surface area contributed by atoms with Gasteiger partial charge in [-0.1, -0.05) is 17.3 Å². The molecule has 1 aliphatic rings. The third-order valence-corrected chi connectivity index (χ3v) is 3.72. The summed E-state index contributed by atoms with van der Waals surface area (Å²) < 4.78 is 10.0. The molecule has 1 unspecified atom stereocenters. The Bertz CT molecular complexity index is 718. The Morgan fingerprint density at radius 2 is 2.04 bits per heavy atom. The second-order valence-electron chi connectivity index (χ2n) is 5.41. The highest BCUT2D eigenvalue weighted by molar-refractivity contribution is 5.94. The van der Waals surface area contributed by atoms with Crippen LogP contribution in [0.15, 0.2) is 34.9 Å². The standard InChI is InChI=1S/C16H16N2O5/c1-22-11-6-4-10(5-7-11)14(16(20)21)17-15(19)13-8-12(18-23-13)9-2-3-9/h4-9,14H,2-3H2,1H3,(H,17,19)(H,20,21). The number of nitrogens with zero attached hydrogens (tertiary/aromatic N) is 1. The second-order valence-corrected chi connectivity index (χ2v) is 5.41. The van der Waals surface area contributed by atoms with Crippen molar-refractivity contribution in [1.29, 1.82) is 0 Å². The van der Waals surface area contributed by atoms with E-state index in [0.717, 1.165) is 18.5 Å². The first-order chi connectivity index (χ1) is 11.1. The van der Waals surface area contributed by atoms with Crippen molar-refractivity contribution < 1.29 is 24.0 Å². The average molecular weight is 316 g/mol.